The molecule has 10 heteroatoms. The summed E-state index contributed by atoms with van der Waals surface area (Å²) >= 11 is 2.47. The Bertz CT molecular complexity index is 1440. The summed E-state index contributed by atoms with van der Waals surface area (Å²) < 4.78 is 6.58. The summed E-state index contributed by atoms with van der Waals surface area (Å²) in [5.41, 5.74) is 0.741. The van der Waals surface area contributed by atoms with Crippen LogP contribution in [0.25, 0.3) is 21.1 Å². The van der Waals surface area contributed by atoms with Crippen molar-refractivity contribution >= 4 is 50.2 Å². The molecule has 0 bridgehead atoms. The van der Waals surface area contributed by atoms with Gasteiger partial charge in [0, 0.05) is 7.05 Å². The molecule has 160 valence electrons. The Labute approximate surface area is 185 Å². The number of benzene rings is 1. The Morgan fingerprint density at radius 3 is 2.77 bits per heavy atom. The van der Waals surface area contributed by atoms with Crippen LogP contribution in [0, 0.1) is 6.92 Å². The smallest absolute Gasteiger partial charge is 0.348 e. The maximum atomic E-state index is 12.7. The Balaban J connectivity index is 1.73. The van der Waals surface area contributed by atoms with E-state index in [9.17, 15) is 14.4 Å². The lowest BCUT2D eigenvalue weighted by molar-refractivity contribution is 0.0531. The van der Waals surface area contributed by atoms with E-state index < -0.39 is 5.97 Å². The molecule has 0 aliphatic rings. The van der Waals surface area contributed by atoms with Crippen molar-refractivity contribution in [3.8, 4) is 0 Å². The molecule has 0 fully saturated rings. The van der Waals surface area contributed by atoms with Crippen LogP contribution in [0.3, 0.4) is 0 Å². The molecule has 1 unspecified atom stereocenters. The van der Waals surface area contributed by atoms with E-state index >= 15 is 0 Å². The number of para-hydroxylation sites is 1. The summed E-state index contributed by atoms with van der Waals surface area (Å²) in [5.74, 6) is -0.0108. The fourth-order valence-corrected chi connectivity index (χ4v) is 5.28. The monoisotopic (exact) mass is 456 g/mol. The van der Waals surface area contributed by atoms with Crippen LogP contribution in [-0.4, -0.2) is 32.1 Å². The second kappa shape index (κ2) is 8.27. The molecule has 0 spiro atoms. The first-order valence-corrected chi connectivity index (χ1v) is 11.3. The molecule has 0 saturated carbocycles. The van der Waals surface area contributed by atoms with Gasteiger partial charge in [0.1, 0.15) is 15.5 Å². The molecule has 4 aromatic rings. The minimum atomic E-state index is -0.457. The van der Waals surface area contributed by atoms with Crippen LogP contribution >= 0.6 is 23.1 Å². The number of hydrogen-bond donors (Lipinski definition) is 1. The fourth-order valence-electron chi connectivity index (χ4n) is 3.26. The van der Waals surface area contributed by atoms with E-state index in [1.54, 1.807) is 39.1 Å². The topological polar surface area (TPSA) is 107 Å². The summed E-state index contributed by atoms with van der Waals surface area (Å²) in [6.07, 6.45) is 0. The minimum absolute atomic E-state index is 0.134. The number of nitrogens with one attached hydrogen (secondary N) is 1. The Morgan fingerprint density at radius 2 is 2.03 bits per heavy atom. The van der Waals surface area contributed by atoms with Gasteiger partial charge in [-0.05, 0) is 38.5 Å². The van der Waals surface area contributed by atoms with E-state index in [0.29, 0.717) is 42.5 Å². The van der Waals surface area contributed by atoms with Crippen molar-refractivity contribution in [2.24, 2.45) is 7.05 Å². The zero-order valence-electron chi connectivity index (χ0n) is 17.4. The zero-order valence-corrected chi connectivity index (χ0v) is 19.0. The summed E-state index contributed by atoms with van der Waals surface area (Å²) in [5, 5.41) is 1.18. The highest BCUT2D eigenvalue weighted by molar-refractivity contribution is 7.99. The molecule has 1 atom stereocenters. The average molecular weight is 457 g/mol. The normalized spacial score (nSPS) is 12.4. The van der Waals surface area contributed by atoms with Gasteiger partial charge in [-0.2, -0.15) is 0 Å². The number of esters is 1. The summed E-state index contributed by atoms with van der Waals surface area (Å²) in [7, 11) is 1.67. The molecular weight excluding hydrogens is 436 g/mol. The molecule has 3 aromatic heterocycles. The van der Waals surface area contributed by atoms with Gasteiger partial charge in [-0.15, -0.1) is 11.3 Å². The fraction of sp³-hybridized carbons (Fsp3) is 0.286. The summed E-state index contributed by atoms with van der Waals surface area (Å²) in [6, 6.07) is 7.18. The largest absolute Gasteiger partial charge is 0.462 e. The van der Waals surface area contributed by atoms with Crippen LogP contribution in [0.2, 0.25) is 0 Å². The predicted octanol–water partition coefficient (Wildman–Crippen LogP) is 3.57. The molecule has 1 N–H and O–H groups in total. The number of ether oxygens (including phenoxy) is 1. The van der Waals surface area contributed by atoms with Crippen LogP contribution in [0.1, 0.15) is 40.2 Å². The van der Waals surface area contributed by atoms with E-state index in [2.05, 4.69) is 15.0 Å². The van der Waals surface area contributed by atoms with E-state index in [0.717, 1.165) is 11.3 Å². The highest BCUT2D eigenvalue weighted by Crippen LogP contribution is 2.34. The molecular formula is C21H20N4O4S2. The maximum absolute atomic E-state index is 12.7. The lowest BCUT2D eigenvalue weighted by atomic mass is 10.2. The molecule has 4 rings (SSSR count). The van der Waals surface area contributed by atoms with Crippen LogP contribution < -0.4 is 11.1 Å². The third-order valence-corrected chi connectivity index (χ3v) is 7.21. The van der Waals surface area contributed by atoms with Gasteiger partial charge in [-0.1, -0.05) is 23.9 Å². The number of aromatic nitrogens is 4. The van der Waals surface area contributed by atoms with Gasteiger partial charge in [0.15, 0.2) is 5.16 Å². The van der Waals surface area contributed by atoms with Gasteiger partial charge in [-0.3, -0.25) is 14.2 Å². The van der Waals surface area contributed by atoms with Crippen LogP contribution in [-0.2, 0) is 11.8 Å². The van der Waals surface area contributed by atoms with Gasteiger partial charge in [0.05, 0.1) is 28.1 Å². The van der Waals surface area contributed by atoms with Crippen LogP contribution in [0.15, 0.2) is 39.0 Å². The lowest BCUT2D eigenvalue weighted by Gasteiger charge is -2.13. The second-order valence-electron chi connectivity index (χ2n) is 6.94. The third kappa shape index (κ3) is 3.77. The van der Waals surface area contributed by atoms with Gasteiger partial charge < -0.3 is 9.72 Å². The highest BCUT2D eigenvalue weighted by atomic mass is 32.2. The van der Waals surface area contributed by atoms with Gasteiger partial charge in [0.25, 0.3) is 11.1 Å². The number of carbonyl (C=O) groups is 1. The number of rotatable bonds is 5. The highest BCUT2D eigenvalue weighted by Gasteiger charge is 2.22. The van der Waals surface area contributed by atoms with E-state index in [4.69, 9.17) is 4.74 Å². The summed E-state index contributed by atoms with van der Waals surface area (Å²) in [4.78, 5) is 50.4. The van der Waals surface area contributed by atoms with Crippen molar-refractivity contribution in [2.75, 3.05) is 6.61 Å². The first-order valence-electron chi connectivity index (χ1n) is 9.64. The minimum Gasteiger partial charge on any atom is -0.462 e. The summed E-state index contributed by atoms with van der Waals surface area (Å²) in [6.45, 7) is 5.58. The Kier molecular flexibility index (Phi) is 5.67. The van der Waals surface area contributed by atoms with Crippen molar-refractivity contribution in [1.82, 2.24) is 19.5 Å². The molecule has 1 aromatic carbocycles. The Morgan fingerprint density at radius 1 is 1.29 bits per heavy atom. The van der Waals surface area contributed by atoms with Crippen molar-refractivity contribution in [1.29, 1.82) is 0 Å². The number of H-pyrrole nitrogens is 1. The number of thiophene rings is 1. The molecule has 0 radical (unpaired) electrons. The number of nitrogens with zero attached hydrogens (tertiary/aromatic N) is 3. The predicted molar refractivity (Wildman–Crippen MR) is 122 cm³/mol. The van der Waals surface area contributed by atoms with Gasteiger partial charge in [-0.25, -0.2) is 14.8 Å². The molecule has 0 saturated heterocycles. The maximum Gasteiger partial charge on any atom is 0.348 e. The third-order valence-electron chi connectivity index (χ3n) is 4.89. The average Bonchev–Trinajstić information content (AvgIpc) is 3.09. The number of aryl methyl sites for hydroxylation is 1. The van der Waals surface area contributed by atoms with E-state index in [1.165, 1.54) is 16.3 Å². The number of fused-ring (bicyclic) bond motifs is 2. The first kappa shape index (κ1) is 21.3. The van der Waals surface area contributed by atoms with E-state index in [1.807, 2.05) is 13.0 Å². The quantitative estimate of drug-likeness (QED) is 0.278. The number of carbonyl (C=O) groups excluding carboxylic acids is 1. The van der Waals surface area contributed by atoms with Crippen molar-refractivity contribution in [3.05, 3.63) is 61.2 Å². The van der Waals surface area contributed by atoms with Crippen molar-refractivity contribution in [3.63, 3.8) is 0 Å². The van der Waals surface area contributed by atoms with Gasteiger partial charge >= 0.3 is 5.97 Å². The molecule has 0 aliphatic heterocycles. The van der Waals surface area contributed by atoms with Crippen LogP contribution in [0.4, 0.5) is 0 Å². The van der Waals surface area contributed by atoms with Crippen molar-refractivity contribution < 1.29 is 9.53 Å². The lowest BCUT2D eigenvalue weighted by Crippen LogP contribution is -2.20. The van der Waals surface area contributed by atoms with Crippen molar-refractivity contribution in [2.45, 2.75) is 31.2 Å². The van der Waals surface area contributed by atoms with E-state index in [-0.39, 0.29) is 23.0 Å². The molecule has 31 heavy (non-hydrogen) atoms. The number of aromatic amines is 1. The molecule has 0 amide bonds. The first-order chi connectivity index (χ1) is 14.8. The molecule has 3 heterocycles. The second-order valence-corrected chi connectivity index (χ2v) is 9.25. The SMILES string of the molecule is CCOC(=O)c1sc2nc(C(C)Sc3nc4ccccc4c(=O)n3C)[nH]c(=O)c2c1C. The Hall–Kier alpha value is -2.98. The molecule has 0 aliphatic carbocycles. The molecule has 8 nitrogen and oxygen atoms in total. The number of hydrogen-bond acceptors (Lipinski definition) is 8. The van der Waals surface area contributed by atoms with Crippen LogP contribution in [0.5, 0.6) is 0 Å². The number of thioether (sulfide) groups is 1. The zero-order chi connectivity index (χ0) is 22.3. The standard InChI is InChI=1S/C21H20N4O4S2/c1-5-29-20(28)15-10(2)14-17(26)23-16(24-18(14)31-15)11(3)30-21-22-13-9-7-6-8-12(13)19(27)25(21)4/h6-9,11H,5H2,1-4H3,(H,23,24,26). The van der Waals surface area contributed by atoms with Gasteiger partial charge in [0.2, 0.25) is 0 Å².